The molecule has 7 nitrogen and oxygen atoms in total. The van der Waals surface area contributed by atoms with Gasteiger partial charge in [-0.25, -0.2) is 9.97 Å². The number of aryl methyl sites for hydroxylation is 1. The van der Waals surface area contributed by atoms with Crippen LogP contribution in [-0.4, -0.2) is 35.6 Å². The minimum Gasteiger partial charge on any atom is -0.466 e. The van der Waals surface area contributed by atoms with E-state index in [0.717, 1.165) is 18.5 Å². The van der Waals surface area contributed by atoms with Gasteiger partial charge in [0.15, 0.2) is 11.6 Å². The summed E-state index contributed by atoms with van der Waals surface area (Å²) in [6.45, 7) is 5.73. The van der Waals surface area contributed by atoms with Gasteiger partial charge in [0.25, 0.3) is 0 Å². The average Bonchev–Trinajstić information content (AvgIpc) is 2.66. The maximum atomic E-state index is 11.9. The predicted octanol–water partition coefficient (Wildman–Crippen LogP) is 2.89. The van der Waals surface area contributed by atoms with E-state index in [2.05, 4.69) is 20.2 Å². The molecule has 1 aliphatic heterocycles. The van der Waals surface area contributed by atoms with Crippen molar-refractivity contribution in [3.63, 3.8) is 0 Å². The number of nitrogens with zero attached hydrogens (tertiary/aromatic N) is 3. The van der Waals surface area contributed by atoms with Crippen molar-refractivity contribution in [2.75, 3.05) is 35.6 Å². The smallest absolute Gasteiger partial charge is 0.309 e. The van der Waals surface area contributed by atoms with Gasteiger partial charge in [-0.05, 0) is 38.8 Å². The molecule has 7 heteroatoms. The van der Waals surface area contributed by atoms with Gasteiger partial charge in [0.1, 0.15) is 12.0 Å². The van der Waals surface area contributed by atoms with E-state index in [4.69, 9.17) is 10.5 Å². The van der Waals surface area contributed by atoms with Crippen molar-refractivity contribution in [2.24, 2.45) is 5.92 Å². The van der Waals surface area contributed by atoms with Crippen molar-refractivity contribution in [2.45, 2.75) is 26.7 Å². The third-order valence-corrected chi connectivity index (χ3v) is 4.59. The molecule has 1 aliphatic rings. The van der Waals surface area contributed by atoms with Crippen LogP contribution in [0.5, 0.6) is 0 Å². The highest BCUT2D eigenvalue weighted by atomic mass is 16.5. The second-order valence-electron chi connectivity index (χ2n) is 6.46. The highest BCUT2D eigenvalue weighted by Crippen LogP contribution is 2.31. The Hall–Kier alpha value is -2.83. The quantitative estimate of drug-likeness (QED) is 0.797. The highest BCUT2D eigenvalue weighted by Gasteiger charge is 2.27. The highest BCUT2D eigenvalue weighted by molar-refractivity contribution is 5.79. The Morgan fingerprint density at radius 3 is 2.62 bits per heavy atom. The molecule has 26 heavy (non-hydrogen) atoms. The number of carbonyl (C=O) groups is 1. The second kappa shape index (κ2) is 8.03. The molecule has 0 aliphatic carbocycles. The number of hydrogen-bond acceptors (Lipinski definition) is 7. The Morgan fingerprint density at radius 1 is 1.27 bits per heavy atom. The van der Waals surface area contributed by atoms with Gasteiger partial charge >= 0.3 is 5.97 Å². The van der Waals surface area contributed by atoms with Gasteiger partial charge in [0.05, 0.1) is 12.5 Å². The monoisotopic (exact) mass is 355 g/mol. The first-order valence-electron chi connectivity index (χ1n) is 8.94. The maximum Gasteiger partial charge on any atom is 0.309 e. The van der Waals surface area contributed by atoms with Crippen LogP contribution >= 0.6 is 0 Å². The summed E-state index contributed by atoms with van der Waals surface area (Å²) in [7, 11) is 0. The third kappa shape index (κ3) is 4.04. The maximum absolute atomic E-state index is 11.9. The van der Waals surface area contributed by atoms with Crippen molar-refractivity contribution in [1.29, 1.82) is 0 Å². The van der Waals surface area contributed by atoms with Gasteiger partial charge < -0.3 is 20.7 Å². The van der Waals surface area contributed by atoms with Gasteiger partial charge in [-0.3, -0.25) is 4.79 Å². The number of benzene rings is 1. The Labute approximate surface area is 153 Å². The molecule has 1 aromatic carbocycles. The van der Waals surface area contributed by atoms with Crippen LogP contribution in [0.15, 0.2) is 30.6 Å². The van der Waals surface area contributed by atoms with Crippen molar-refractivity contribution in [3.05, 3.63) is 36.2 Å². The minimum atomic E-state index is -0.107. The van der Waals surface area contributed by atoms with Crippen LogP contribution in [0.4, 0.5) is 23.0 Å². The van der Waals surface area contributed by atoms with Crippen molar-refractivity contribution < 1.29 is 9.53 Å². The SMILES string of the molecule is CCOC(=O)C1CCN(c2ncnc(Nc3ccc(C)cc3)c2N)CC1. The predicted molar refractivity (Wildman–Crippen MR) is 102 cm³/mol. The molecule has 0 unspecified atom stereocenters. The van der Waals surface area contributed by atoms with Crippen LogP contribution in [0, 0.1) is 12.8 Å². The molecule has 0 saturated carbocycles. The van der Waals surface area contributed by atoms with Gasteiger partial charge in [0, 0.05) is 18.8 Å². The molecule has 0 spiro atoms. The molecular formula is C19H25N5O2. The number of ether oxygens (including phenoxy) is 1. The van der Waals surface area contributed by atoms with E-state index < -0.39 is 0 Å². The van der Waals surface area contributed by atoms with Crippen LogP contribution < -0.4 is 16.0 Å². The van der Waals surface area contributed by atoms with E-state index in [1.165, 1.54) is 11.9 Å². The van der Waals surface area contributed by atoms with E-state index in [9.17, 15) is 4.79 Å². The first kappa shape index (κ1) is 18.0. The Kier molecular flexibility index (Phi) is 5.55. The zero-order valence-corrected chi connectivity index (χ0v) is 15.2. The molecule has 3 rings (SSSR count). The summed E-state index contributed by atoms with van der Waals surface area (Å²) in [5.74, 6) is 1.15. The van der Waals surface area contributed by atoms with Crippen LogP contribution in [0.25, 0.3) is 0 Å². The normalized spacial score (nSPS) is 14.9. The number of anilines is 4. The molecule has 2 heterocycles. The zero-order valence-electron chi connectivity index (χ0n) is 15.2. The Bertz CT molecular complexity index is 755. The topological polar surface area (TPSA) is 93.4 Å². The van der Waals surface area contributed by atoms with Crippen LogP contribution in [0.1, 0.15) is 25.3 Å². The number of piperidine rings is 1. The number of nitrogen functional groups attached to an aromatic ring is 1. The number of rotatable bonds is 5. The lowest BCUT2D eigenvalue weighted by Gasteiger charge is -2.32. The molecule has 0 bridgehead atoms. The number of carbonyl (C=O) groups excluding carboxylic acids is 1. The fraction of sp³-hybridized carbons (Fsp3) is 0.421. The fourth-order valence-electron chi connectivity index (χ4n) is 3.10. The molecule has 0 radical (unpaired) electrons. The summed E-state index contributed by atoms with van der Waals surface area (Å²) >= 11 is 0. The van der Waals surface area contributed by atoms with E-state index in [1.807, 2.05) is 38.1 Å². The van der Waals surface area contributed by atoms with E-state index in [-0.39, 0.29) is 11.9 Å². The summed E-state index contributed by atoms with van der Waals surface area (Å²) < 4.78 is 5.12. The first-order chi connectivity index (χ1) is 12.6. The van der Waals surface area contributed by atoms with Gasteiger partial charge in [0.2, 0.25) is 0 Å². The Balaban J connectivity index is 1.70. The second-order valence-corrected chi connectivity index (χ2v) is 6.46. The lowest BCUT2D eigenvalue weighted by molar-refractivity contribution is -0.148. The van der Waals surface area contributed by atoms with E-state index in [0.29, 0.717) is 37.0 Å². The molecule has 1 fully saturated rings. The lowest BCUT2D eigenvalue weighted by atomic mass is 9.97. The number of esters is 1. The van der Waals surface area contributed by atoms with Crippen molar-refractivity contribution in [1.82, 2.24) is 9.97 Å². The van der Waals surface area contributed by atoms with E-state index >= 15 is 0 Å². The summed E-state index contributed by atoms with van der Waals surface area (Å²) in [5.41, 5.74) is 8.94. The minimum absolute atomic E-state index is 0.0422. The third-order valence-electron chi connectivity index (χ3n) is 4.59. The Morgan fingerprint density at radius 2 is 1.96 bits per heavy atom. The van der Waals surface area contributed by atoms with E-state index in [1.54, 1.807) is 0 Å². The van der Waals surface area contributed by atoms with Crippen LogP contribution in [0.3, 0.4) is 0 Å². The molecule has 138 valence electrons. The zero-order chi connectivity index (χ0) is 18.5. The standard InChI is InChI=1S/C19H25N5O2/c1-3-26-19(25)14-8-10-24(11-9-14)18-16(20)17(21-12-22-18)23-15-6-4-13(2)5-7-15/h4-7,12,14H,3,8-11,20H2,1-2H3,(H,21,22,23). The van der Waals surface area contributed by atoms with Crippen molar-refractivity contribution in [3.8, 4) is 0 Å². The van der Waals surface area contributed by atoms with Crippen LogP contribution in [0.2, 0.25) is 0 Å². The lowest BCUT2D eigenvalue weighted by Crippen LogP contribution is -2.37. The average molecular weight is 355 g/mol. The molecule has 1 aromatic heterocycles. The largest absolute Gasteiger partial charge is 0.466 e. The number of hydrogen-bond donors (Lipinski definition) is 2. The summed E-state index contributed by atoms with van der Waals surface area (Å²) in [5, 5.41) is 3.25. The molecular weight excluding hydrogens is 330 g/mol. The molecule has 1 saturated heterocycles. The van der Waals surface area contributed by atoms with Crippen molar-refractivity contribution >= 4 is 29.0 Å². The molecule has 3 N–H and O–H groups in total. The molecule has 0 atom stereocenters. The number of nitrogens with two attached hydrogens (primary N) is 1. The molecule has 0 amide bonds. The number of nitrogens with one attached hydrogen (secondary N) is 1. The van der Waals surface area contributed by atoms with Gasteiger partial charge in [-0.1, -0.05) is 17.7 Å². The first-order valence-corrected chi connectivity index (χ1v) is 8.94. The number of aromatic nitrogens is 2. The van der Waals surface area contributed by atoms with Gasteiger partial charge in [-0.2, -0.15) is 0 Å². The fourth-order valence-corrected chi connectivity index (χ4v) is 3.10. The van der Waals surface area contributed by atoms with Crippen LogP contribution in [-0.2, 0) is 9.53 Å². The summed E-state index contributed by atoms with van der Waals surface area (Å²) in [6.07, 6.45) is 2.99. The summed E-state index contributed by atoms with van der Waals surface area (Å²) in [4.78, 5) is 22.6. The summed E-state index contributed by atoms with van der Waals surface area (Å²) in [6, 6.07) is 8.03. The molecule has 2 aromatic rings. The van der Waals surface area contributed by atoms with Gasteiger partial charge in [-0.15, -0.1) is 0 Å².